The molecule has 0 amide bonds. The number of carboxylic acids is 1. The molecule has 1 heterocycles. The third-order valence-electron chi connectivity index (χ3n) is 6.05. The van der Waals surface area contributed by atoms with Crippen LogP contribution in [0.4, 0.5) is 4.39 Å². The van der Waals surface area contributed by atoms with Crippen LogP contribution in [-0.4, -0.2) is 29.9 Å². The molecule has 1 aromatic rings. The molecule has 1 saturated heterocycles. The van der Waals surface area contributed by atoms with E-state index < -0.39 is 11.8 Å². The van der Waals surface area contributed by atoms with Gasteiger partial charge in [0.25, 0.3) is 0 Å². The molecule has 1 atom stereocenters. The van der Waals surface area contributed by atoms with E-state index >= 15 is 0 Å². The lowest BCUT2D eigenvalue weighted by Crippen LogP contribution is -2.28. The number of allylic oxidation sites excluding steroid dienone is 1. The smallest absolute Gasteiger partial charge is 0.339 e. The fourth-order valence-electron chi connectivity index (χ4n) is 4.34. The Hall–Kier alpha value is -2.01. The van der Waals surface area contributed by atoms with E-state index in [-0.39, 0.29) is 22.9 Å². The molecule has 1 aliphatic heterocycles. The van der Waals surface area contributed by atoms with E-state index in [0.717, 1.165) is 50.8 Å². The van der Waals surface area contributed by atoms with Crippen molar-refractivity contribution in [1.29, 1.82) is 0 Å². The van der Waals surface area contributed by atoms with Gasteiger partial charge in [-0.25, -0.2) is 9.18 Å². The van der Waals surface area contributed by atoms with Crippen LogP contribution in [0.25, 0.3) is 0 Å². The topological polar surface area (TPSA) is 66.4 Å². The van der Waals surface area contributed by atoms with Crippen molar-refractivity contribution in [3.8, 4) is 0 Å². The average molecular weight is 357 g/mol. The van der Waals surface area contributed by atoms with Crippen molar-refractivity contribution < 1.29 is 19.1 Å². The Labute approximate surface area is 152 Å². The van der Waals surface area contributed by atoms with E-state index in [9.17, 15) is 19.1 Å². The van der Waals surface area contributed by atoms with Gasteiger partial charge >= 0.3 is 5.97 Å². The maximum atomic E-state index is 14.6. The normalized spacial score (nSPS) is 23.5. The lowest BCUT2D eigenvalue weighted by atomic mass is 9.79. The van der Waals surface area contributed by atoms with Crippen molar-refractivity contribution in [2.45, 2.75) is 44.4 Å². The van der Waals surface area contributed by atoms with Crippen LogP contribution in [0.15, 0.2) is 23.8 Å². The maximum absolute atomic E-state index is 14.6. The van der Waals surface area contributed by atoms with Gasteiger partial charge < -0.3 is 10.4 Å². The summed E-state index contributed by atoms with van der Waals surface area (Å²) >= 11 is 0. The minimum absolute atomic E-state index is 0.0768. The summed E-state index contributed by atoms with van der Waals surface area (Å²) in [4.78, 5) is 23.9. The summed E-state index contributed by atoms with van der Waals surface area (Å²) in [5, 5.41) is 12.7. The van der Waals surface area contributed by atoms with E-state index in [0.29, 0.717) is 23.8 Å². The highest BCUT2D eigenvalue weighted by atomic mass is 19.1. The van der Waals surface area contributed by atoms with Crippen molar-refractivity contribution in [2.75, 3.05) is 13.1 Å². The highest BCUT2D eigenvalue weighted by Gasteiger charge is 2.39. The molecule has 0 bridgehead atoms. The van der Waals surface area contributed by atoms with E-state index in [4.69, 9.17) is 0 Å². The summed E-state index contributed by atoms with van der Waals surface area (Å²) < 4.78 is 14.6. The number of rotatable bonds is 5. The molecular weight excluding hydrogens is 333 g/mol. The second kappa shape index (κ2) is 6.95. The zero-order valence-corrected chi connectivity index (χ0v) is 14.8. The summed E-state index contributed by atoms with van der Waals surface area (Å²) in [5.41, 5.74) is 1.51. The molecule has 138 valence electrons. The number of aliphatic carboxylic acids is 1. The Morgan fingerprint density at radius 1 is 1.19 bits per heavy atom. The van der Waals surface area contributed by atoms with Crippen molar-refractivity contribution in [3.05, 3.63) is 46.3 Å². The van der Waals surface area contributed by atoms with Crippen molar-refractivity contribution in [1.82, 2.24) is 5.32 Å². The molecule has 1 unspecified atom stereocenters. The van der Waals surface area contributed by atoms with Gasteiger partial charge in [0.15, 0.2) is 5.78 Å². The zero-order valence-electron chi connectivity index (χ0n) is 14.8. The number of piperidine rings is 1. The number of Topliss-reactive ketones (excluding diaryl/α,β-unsaturated/α-hetero) is 1. The van der Waals surface area contributed by atoms with Gasteiger partial charge in [-0.1, -0.05) is 12.1 Å². The van der Waals surface area contributed by atoms with E-state index in [1.165, 1.54) is 6.07 Å². The second-order valence-electron chi connectivity index (χ2n) is 7.84. The molecule has 2 fully saturated rings. The van der Waals surface area contributed by atoms with Crippen molar-refractivity contribution in [3.63, 3.8) is 0 Å². The Balaban J connectivity index is 1.62. The summed E-state index contributed by atoms with van der Waals surface area (Å²) in [6.45, 7) is 2.05. The van der Waals surface area contributed by atoms with Crippen LogP contribution < -0.4 is 5.32 Å². The van der Waals surface area contributed by atoms with Gasteiger partial charge in [0.2, 0.25) is 0 Å². The number of carbonyl (C=O) groups excluding carboxylic acids is 1. The number of benzene rings is 1. The van der Waals surface area contributed by atoms with Crippen LogP contribution in [-0.2, 0) is 11.2 Å². The predicted molar refractivity (Wildman–Crippen MR) is 95.8 cm³/mol. The molecular formula is C21H24FNO3. The van der Waals surface area contributed by atoms with Gasteiger partial charge in [0.1, 0.15) is 11.4 Å². The third-order valence-corrected chi connectivity index (χ3v) is 6.05. The largest absolute Gasteiger partial charge is 0.478 e. The number of carbonyl (C=O) groups is 2. The van der Waals surface area contributed by atoms with Gasteiger partial charge in [0, 0.05) is 11.5 Å². The SMILES string of the molecule is O=C(O)C1=CC(C2CC2)c2cc(CCC3CCNCC3)c(F)cc2C1=O. The summed E-state index contributed by atoms with van der Waals surface area (Å²) in [5.74, 6) is -1.25. The van der Waals surface area contributed by atoms with Crippen LogP contribution in [0.2, 0.25) is 0 Å². The zero-order chi connectivity index (χ0) is 18.3. The highest BCUT2D eigenvalue weighted by Crippen LogP contribution is 2.47. The van der Waals surface area contributed by atoms with Crippen LogP contribution in [0.3, 0.4) is 0 Å². The van der Waals surface area contributed by atoms with Crippen LogP contribution in [0, 0.1) is 17.7 Å². The standard InChI is InChI=1S/C21H24FNO3/c22-19-11-17-16(9-14(19)2-1-12-5-7-23-8-6-12)15(13-3-4-13)10-18(20(17)24)21(25)26/h9-13,15,23H,1-8H2,(H,25,26). The predicted octanol–water partition coefficient (Wildman–Crippen LogP) is 3.46. The first kappa shape index (κ1) is 17.4. The van der Waals surface area contributed by atoms with E-state index in [2.05, 4.69) is 5.32 Å². The lowest BCUT2D eigenvalue weighted by molar-refractivity contribution is -0.132. The minimum Gasteiger partial charge on any atom is -0.478 e. The van der Waals surface area contributed by atoms with Gasteiger partial charge in [-0.3, -0.25) is 4.79 Å². The number of hydrogen-bond acceptors (Lipinski definition) is 3. The second-order valence-corrected chi connectivity index (χ2v) is 7.84. The Bertz CT molecular complexity index is 776. The molecule has 2 aliphatic carbocycles. The van der Waals surface area contributed by atoms with Gasteiger partial charge in [0.05, 0.1) is 0 Å². The lowest BCUT2D eigenvalue weighted by Gasteiger charge is -2.25. The Morgan fingerprint density at radius 2 is 1.92 bits per heavy atom. The third kappa shape index (κ3) is 3.32. The van der Waals surface area contributed by atoms with Gasteiger partial charge in [-0.2, -0.15) is 0 Å². The average Bonchev–Trinajstić information content (AvgIpc) is 3.46. The molecule has 0 radical (unpaired) electrons. The van der Waals surface area contributed by atoms with Crippen LogP contribution in [0.5, 0.6) is 0 Å². The molecule has 4 nitrogen and oxygen atoms in total. The summed E-state index contributed by atoms with van der Waals surface area (Å²) in [6.07, 6.45) is 7.54. The number of carboxylic acid groups (broad SMARTS) is 1. The minimum atomic E-state index is -1.22. The number of hydrogen-bond donors (Lipinski definition) is 2. The van der Waals surface area contributed by atoms with E-state index in [1.54, 1.807) is 6.08 Å². The number of fused-ring (bicyclic) bond motifs is 1. The summed E-state index contributed by atoms with van der Waals surface area (Å²) in [6, 6.07) is 3.11. The van der Waals surface area contributed by atoms with Crippen LogP contribution >= 0.6 is 0 Å². The fourth-order valence-corrected chi connectivity index (χ4v) is 4.34. The van der Waals surface area contributed by atoms with Crippen molar-refractivity contribution >= 4 is 11.8 Å². The first-order chi connectivity index (χ1) is 12.5. The molecule has 0 spiro atoms. The highest BCUT2D eigenvalue weighted by molar-refractivity contribution is 6.25. The van der Waals surface area contributed by atoms with Crippen molar-refractivity contribution in [2.24, 2.45) is 11.8 Å². The molecule has 5 heteroatoms. The maximum Gasteiger partial charge on any atom is 0.339 e. The number of halogens is 1. The first-order valence-electron chi connectivity index (χ1n) is 9.57. The molecule has 0 aromatic heterocycles. The number of ketones is 1. The van der Waals surface area contributed by atoms with Gasteiger partial charge in [-0.05, 0) is 80.6 Å². The summed E-state index contributed by atoms with van der Waals surface area (Å²) in [7, 11) is 0. The number of nitrogens with one attached hydrogen (secondary N) is 1. The van der Waals surface area contributed by atoms with Crippen LogP contribution in [0.1, 0.15) is 59.5 Å². The van der Waals surface area contributed by atoms with Gasteiger partial charge in [-0.15, -0.1) is 0 Å². The quantitative estimate of drug-likeness (QED) is 0.792. The Kier molecular flexibility index (Phi) is 4.65. The Morgan fingerprint density at radius 3 is 2.58 bits per heavy atom. The molecule has 3 aliphatic rings. The molecule has 1 saturated carbocycles. The number of aryl methyl sites for hydroxylation is 1. The molecule has 2 N–H and O–H groups in total. The first-order valence-corrected chi connectivity index (χ1v) is 9.57. The molecule has 4 rings (SSSR count). The van der Waals surface area contributed by atoms with E-state index in [1.807, 2.05) is 6.07 Å². The monoisotopic (exact) mass is 357 g/mol. The molecule has 26 heavy (non-hydrogen) atoms. The molecule has 1 aromatic carbocycles. The fraction of sp³-hybridized carbons (Fsp3) is 0.524.